The molecule has 2 rings (SSSR count). The maximum atomic E-state index is 13.8. The van der Waals surface area contributed by atoms with Gasteiger partial charge in [-0.2, -0.15) is 0 Å². The molecular weight excluding hydrogens is 259 g/mol. The van der Waals surface area contributed by atoms with E-state index in [4.69, 9.17) is 21.1 Å². The van der Waals surface area contributed by atoms with Crippen LogP contribution in [0.5, 0.6) is 0 Å². The molecule has 2 aromatic rings. The Morgan fingerprint density at radius 2 is 2.00 bits per heavy atom. The molecule has 0 radical (unpaired) electrons. The van der Waals surface area contributed by atoms with Crippen molar-refractivity contribution in [1.82, 2.24) is 0 Å². The SMILES string of the molecule is CC(C)(C)c1c(C(=O)O)oc2c(F)c(Cl)ccc12. The summed E-state index contributed by atoms with van der Waals surface area (Å²) in [6.07, 6.45) is 0. The number of fused-ring (bicyclic) bond motifs is 1. The number of carboxylic acid groups (broad SMARTS) is 1. The second-order valence-corrected chi connectivity index (χ2v) is 5.51. The summed E-state index contributed by atoms with van der Waals surface area (Å²) < 4.78 is 19.0. The van der Waals surface area contributed by atoms with Crippen LogP contribution < -0.4 is 0 Å². The van der Waals surface area contributed by atoms with Crippen LogP contribution in [0.4, 0.5) is 4.39 Å². The van der Waals surface area contributed by atoms with Crippen molar-refractivity contribution in [2.45, 2.75) is 26.2 Å². The highest BCUT2D eigenvalue weighted by Gasteiger charge is 2.30. The van der Waals surface area contributed by atoms with Crippen molar-refractivity contribution >= 4 is 28.5 Å². The fourth-order valence-electron chi connectivity index (χ4n) is 2.00. The van der Waals surface area contributed by atoms with Gasteiger partial charge in [0.1, 0.15) is 0 Å². The van der Waals surface area contributed by atoms with E-state index in [2.05, 4.69) is 0 Å². The molecule has 96 valence electrons. The quantitative estimate of drug-likeness (QED) is 0.844. The number of aromatic carboxylic acids is 1. The first kappa shape index (κ1) is 12.9. The number of hydrogen-bond donors (Lipinski definition) is 1. The lowest BCUT2D eigenvalue weighted by molar-refractivity contribution is 0.0661. The summed E-state index contributed by atoms with van der Waals surface area (Å²) in [5, 5.41) is 9.50. The Morgan fingerprint density at radius 3 is 2.50 bits per heavy atom. The number of rotatable bonds is 1. The van der Waals surface area contributed by atoms with E-state index in [1.165, 1.54) is 6.07 Å². The molecule has 0 aliphatic rings. The van der Waals surface area contributed by atoms with Crippen molar-refractivity contribution in [3.8, 4) is 0 Å². The molecule has 18 heavy (non-hydrogen) atoms. The topological polar surface area (TPSA) is 50.4 Å². The van der Waals surface area contributed by atoms with Gasteiger partial charge in [0.15, 0.2) is 11.4 Å². The maximum absolute atomic E-state index is 13.8. The summed E-state index contributed by atoms with van der Waals surface area (Å²) in [4.78, 5) is 11.2. The monoisotopic (exact) mass is 270 g/mol. The lowest BCUT2D eigenvalue weighted by atomic mass is 9.85. The molecule has 0 saturated heterocycles. The van der Waals surface area contributed by atoms with Gasteiger partial charge in [0.2, 0.25) is 5.76 Å². The van der Waals surface area contributed by atoms with Crippen LogP contribution in [0.15, 0.2) is 16.5 Å². The first-order valence-corrected chi connectivity index (χ1v) is 5.75. The maximum Gasteiger partial charge on any atom is 0.372 e. The molecule has 5 heteroatoms. The first-order valence-electron chi connectivity index (χ1n) is 5.37. The fraction of sp³-hybridized carbons (Fsp3) is 0.308. The molecule has 0 aliphatic heterocycles. The minimum atomic E-state index is -1.22. The minimum absolute atomic E-state index is 0.0892. The smallest absolute Gasteiger partial charge is 0.372 e. The van der Waals surface area contributed by atoms with Crippen LogP contribution in [0, 0.1) is 5.82 Å². The zero-order chi connectivity index (χ0) is 13.7. The van der Waals surface area contributed by atoms with E-state index in [-0.39, 0.29) is 16.4 Å². The van der Waals surface area contributed by atoms with E-state index >= 15 is 0 Å². The molecule has 0 atom stereocenters. The largest absolute Gasteiger partial charge is 0.475 e. The fourth-order valence-corrected chi connectivity index (χ4v) is 2.15. The van der Waals surface area contributed by atoms with Gasteiger partial charge in [-0.15, -0.1) is 0 Å². The predicted octanol–water partition coefficient (Wildman–Crippen LogP) is 4.22. The molecule has 0 spiro atoms. The molecule has 0 aliphatic carbocycles. The Balaban J connectivity index is 2.94. The highest BCUT2D eigenvalue weighted by atomic mass is 35.5. The van der Waals surface area contributed by atoms with E-state index in [1.54, 1.807) is 6.07 Å². The van der Waals surface area contributed by atoms with E-state index in [0.29, 0.717) is 10.9 Å². The molecule has 0 saturated carbocycles. The number of halogens is 2. The first-order chi connectivity index (χ1) is 8.23. The van der Waals surface area contributed by atoms with Crippen molar-refractivity contribution in [3.63, 3.8) is 0 Å². The average Bonchev–Trinajstić information content (AvgIpc) is 2.63. The lowest BCUT2D eigenvalue weighted by Crippen LogP contribution is -2.15. The minimum Gasteiger partial charge on any atom is -0.475 e. The average molecular weight is 271 g/mol. The summed E-state index contributed by atoms with van der Waals surface area (Å²) in [5.74, 6) is -2.18. The van der Waals surface area contributed by atoms with Crippen LogP contribution in [-0.2, 0) is 5.41 Å². The number of carboxylic acids is 1. The molecule has 0 fully saturated rings. The normalized spacial score (nSPS) is 12.1. The van der Waals surface area contributed by atoms with Gasteiger partial charge in [0, 0.05) is 10.9 Å². The van der Waals surface area contributed by atoms with Crippen molar-refractivity contribution in [1.29, 1.82) is 0 Å². The van der Waals surface area contributed by atoms with Crippen molar-refractivity contribution in [2.75, 3.05) is 0 Å². The van der Waals surface area contributed by atoms with Gasteiger partial charge in [-0.1, -0.05) is 32.4 Å². The Bertz CT molecular complexity index is 638. The number of benzene rings is 1. The number of carbonyl (C=O) groups is 1. The Hall–Kier alpha value is -1.55. The standard InChI is InChI=1S/C13H12ClFO3/c1-13(2,3)8-6-4-5-7(14)9(15)10(6)18-11(8)12(16)17/h4-5H,1-3H3,(H,16,17). The van der Waals surface area contributed by atoms with Crippen molar-refractivity contribution in [3.05, 3.63) is 34.3 Å². The van der Waals surface area contributed by atoms with Crippen LogP contribution >= 0.6 is 11.6 Å². The third-order valence-corrected chi connectivity index (χ3v) is 2.99. The molecule has 1 aromatic carbocycles. The predicted molar refractivity (Wildman–Crippen MR) is 66.8 cm³/mol. The zero-order valence-corrected chi connectivity index (χ0v) is 10.9. The van der Waals surface area contributed by atoms with E-state index in [1.807, 2.05) is 20.8 Å². The van der Waals surface area contributed by atoms with Gasteiger partial charge in [0.05, 0.1) is 5.02 Å². The molecule has 0 amide bonds. The van der Waals surface area contributed by atoms with Gasteiger partial charge < -0.3 is 9.52 Å². The Morgan fingerprint density at radius 1 is 1.39 bits per heavy atom. The van der Waals surface area contributed by atoms with Crippen LogP contribution in [-0.4, -0.2) is 11.1 Å². The summed E-state index contributed by atoms with van der Waals surface area (Å²) >= 11 is 5.66. The second-order valence-electron chi connectivity index (χ2n) is 5.10. The van der Waals surface area contributed by atoms with Gasteiger partial charge in [-0.25, -0.2) is 9.18 Å². The van der Waals surface area contributed by atoms with Gasteiger partial charge in [-0.05, 0) is 17.5 Å². The summed E-state index contributed by atoms with van der Waals surface area (Å²) in [5.41, 5.74) is -0.107. The van der Waals surface area contributed by atoms with Gasteiger partial charge in [-0.3, -0.25) is 0 Å². The lowest BCUT2D eigenvalue weighted by Gasteiger charge is -2.17. The Kier molecular flexibility index (Phi) is 2.86. The molecule has 1 aromatic heterocycles. The third kappa shape index (κ3) is 1.86. The molecule has 1 heterocycles. The summed E-state index contributed by atoms with van der Waals surface area (Å²) in [6, 6.07) is 2.98. The molecule has 0 bridgehead atoms. The van der Waals surface area contributed by atoms with Gasteiger partial charge >= 0.3 is 5.97 Å². The van der Waals surface area contributed by atoms with E-state index in [9.17, 15) is 9.18 Å². The van der Waals surface area contributed by atoms with Crippen molar-refractivity contribution in [2.24, 2.45) is 0 Å². The zero-order valence-electron chi connectivity index (χ0n) is 10.2. The second kappa shape index (κ2) is 3.99. The molecule has 3 nitrogen and oxygen atoms in total. The van der Waals surface area contributed by atoms with Crippen LogP contribution in [0.25, 0.3) is 11.0 Å². The van der Waals surface area contributed by atoms with E-state index < -0.39 is 17.2 Å². The van der Waals surface area contributed by atoms with Crippen LogP contribution in [0.1, 0.15) is 36.9 Å². The number of hydrogen-bond acceptors (Lipinski definition) is 2. The van der Waals surface area contributed by atoms with Gasteiger partial charge in [0.25, 0.3) is 0 Å². The van der Waals surface area contributed by atoms with Crippen LogP contribution in [0.2, 0.25) is 5.02 Å². The molecule has 0 unspecified atom stereocenters. The summed E-state index contributed by atoms with van der Waals surface area (Å²) in [6.45, 7) is 5.53. The molecule has 1 N–H and O–H groups in total. The summed E-state index contributed by atoms with van der Waals surface area (Å²) in [7, 11) is 0. The Labute approximate surface area is 108 Å². The number of furan rings is 1. The molecular formula is C13H12ClFO3. The highest BCUT2D eigenvalue weighted by molar-refractivity contribution is 6.31. The van der Waals surface area contributed by atoms with Crippen LogP contribution in [0.3, 0.4) is 0 Å². The van der Waals surface area contributed by atoms with Crippen molar-refractivity contribution < 1.29 is 18.7 Å². The van der Waals surface area contributed by atoms with E-state index in [0.717, 1.165) is 0 Å². The third-order valence-electron chi connectivity index (χ3n) is 2.69. The highest BCUT2D eigenvalue weighted by Crippen LogP contribution is 2.38.